The van der Waals surface area contributed by atoms with Crippen molar-refractivity contribution in [3.8, 4) is 12.3 Å². The van der Waals surface area contributed by atoms with Crippen LogP contribution < -0.4 is 0 Å². The van der Waals surface area contributed by atoms with Gasteiger partial charge in [0, 0.05) is 13.3 Å². The van der Waals surface area contributed by atoms with E-state index in [9.17, 15) is 4.79 Å². The van der Waals surface area contributed by atoms with Crippen LogP contribution in [0.15, 0.2) is 12.7 Å². The molecule has 3 atom stereocenters. The summed E-state index contributed by atoms with van der Waals surface area (Å²) in [6, 6.07) is 0. The highest BCUT2D eigenvalue weighted by molar-refractivity contribution is 5.66. The molecule has 1 rings (SSSR count). The molecular weight excluding hydrogens is 276 g/mol. The van der Waals surface area contributed by atoms with Crippen molar-refractivity contribution in [3.05, 3.63) is 12.7 Å². The van der Waals surface area contributed by atoms with Gasteiger partial charge in [0.05, 0.1) is 6.10 Å². The van der Waals surface area contributed by atoms with Crippen LogP contribution in [0.25, 0.3) is 0 Å². The maximum Gasteiger partial charge on any atom is 0.303 e. The number of ether oxygens (including phenoxy) is 2. The lowest BCUT2D eigenvalue weighted by Gasteiger charge is -2.32. The van der Waals surface area contributed by atoms with Crippen LogP contribution in [0.2, 0.25) is 0 Å². The summed E-state index contributed by atoms with van der Waals surface area (Å²) in [7, 11) is 0. The lowest BCUT2D eigenvalue weighted by Crippen LogP contribution is -2.42. The Labute approximate surface area is 135 Å². The van der Waals surface area contributed by atoms with Crippen LogP contribution >= 0.6 is 0 Å². The van der Waals surface area contributed by atoms with Gasteiger partial charge in [0.25, 0.3) is 0 Å². The summed E-state index contributed by atoms with van der Waals surface area (Å²) >= 11 is 0. The highest BCUT2D eigenvalue weighted by Crippen LogP contribution is 2.37. The molecule has 0 spiro atoms. The second-order valence-electron chi connectivity index (χ2n) is 6.38. The van der Waals surface area contributed by atoms with Gasteiger partial charge in [0.2, 0.25) is 0 Å². The number of unbranched alkanes of at least 4 members (excludes halogenated alkanes) is 4. The van der Waals surface area contributed by atoms with Gasteiger partial charge in [-0.3, -0.25) is 4.79 Å². The van der Waals surface area contributed by atoms with Gasteiger partial charge in [-0.25, -0.2) is 0 Å². The van der Waals surface area contributed by atoms with E-state index in [2.05, 4.69) is 12.5 Å². The molecule has 3 nitrogen and oxygen atoms in total. The summed E-state index contributed by atoms with van der Waals surface area (Å²) in [6.07, 6.45) is 16.7. The first kappa shape index (κ1) is 18.8. The second kappa shape index (κ2) is 9.69. The van der Waals surface area contributed by atoms with E-state index in [1.165, 1.54) is 32.6 Å². The zero-order valence-electron chi connectivity index (χ0n) is 14.1. The number of hydrogen-bond donors (Lipinski definition) is 0. The van der Waals surface area contributed by atoms with Gasteiger partial charge < -0.3 is 9.47 Å². The molecule has 0 unspecified atom stereocenters. The fourth-order valence-electron chi connectivity index (χ4n) is 3.09. The lowest BCUT2D eigenvalue weighted by atomic mass is 9.92. The average Bonchev–Trinajstić information content (AvgIpc) is 2.85. The van der Waals surface area contributed by atoms with Crippen molar-refractivity contribution >= 4 is 5.97 Å². The molecule has 1 heterocycles. The number of carbonyl (C=O) groups is 1. The van der Waals surface area contributed by atoms with E-state index in [4.69, 9.17) is 15.9 Å². The van der Waals surface area contributed by atoms with E-state index in [0.717, 1.165) is 25.7 Å². The molecule has 1 aliphatic heterocycles. The van der Waals surface area contributed by atoms with E-state index in [1.54, 1.807) is 0 Å². The Bertz CT molecular complexity index is 396. The number of carbonyl (C=O) groups excluding carboxylic acids is 1. The van der Waals surface area contributed by atoms with Gasteiger partial charge >= 0.3 is 5.97 Å². The topological polar surface area (TPSA) is 35.5 Å². The summed E-state index contributed by atoms with van der Waals surface area (Å²) < 4.78 is 11.6. The van der Waals surface area contributed by atoms with Crippen LogP contribution in [0.5, 0.6) is 0 Å². The zero-order chi connectivity index (χ0) is 16.4. The van der Waals surface area contributed by atoms with Gasteiger partial charge in [-0.1, -0.05) is 25.3 Å². The Morgan fingerprint density at radius 2 is 2.23 bits per heavy atom. The minimum Gasteiger partial charge on any atom is -0.458 e. The molecule has 3 heteroatoms. The molecule has 0 aliphatic carbocycles. The van der Waals surface area contributed by atoms with E-state index < -0.39 is 5.60 Å². The molecule has 1 saturated heterocycles. The molecule has 0 saturated carbocycles. The minimum absolute atomic E-state index is 0.264. The molecule has 0 radical (unpaired) electrons. The van der Waals surface area contributed by atoms with Gasteiger partial charge in [-0.2, -0.15) is 0 Å². The van der Waals surface area contributed by atoms with Crippen molar-refractivity contribution < 1.29 is 14.3 Å². The number of allylic oxidation sites excluding steroid dienone is 1. The molecule has 0 aromatic rings. The molecule has 0 amide bonds. The van der Waals surface area contributed by atoms with E-state index in [-0.39, 0.29) is 18.2 Å². The Kier molecular flexibility index (Phi) is 8.27. The highest BCUT2D eigenvalue weighted by Gasteiger charge is 2.43. The lowest BCUT2D eigenvalue weighted by molar-refractivity contribution is -0.166. The maximum absolute atomic E-state index is 11.3. The largest absolute Gasteiger partial charge is 0.458 e. The van der Waals surface area contributed by atoms with E-state index in [1.807, 2.05) is 13.0 Å². The van der Waals surface area contributed by atoms with Gasteiger partial charge in [-0.15, -0.1) is 18.9 Å². The van der Waals surface area contributed by atoms with Crippen LogP contribution in [0.4, 0.5) is 0 Å². The molecule has 0 N–H and O–H groups in total. The summed E-state index contributed by atoms with van der Waals surface area (Å²) in [5.74, 6) is 2.30. The number of rotatable bonds is 10. The molecule has 1 aliphatic rings. The van der Waals surface area contributed by atoms with Crippen LogP contribution in [0.1, 0.15) is 71.6 Å². The molecule has 22 heavy (non-hydrogen) atoms. The maximum atomic E-state index is 11.3. The molecule has 1 fully saturated rings. The number of hydrogen-bond acceptors (Lipinski definition) is 3. The monoisotopic (exact) mass is 306 g/mol. The van der Waals surface area contributed by atoms with Crippen LogP contribution in [-0.4, -0.2) is 23.8 Å². The normalized spacial score (nSPS) is 25.4. The molecule has 0 bridgehead atoms. The first-order valence-electron chi connectivity index (χ1n) is 8.41. The first-order chi connectivity index (χ1) is 10.5. The van der Waals surface area contributed by atoms with Gasteiger partial charge in [-0.05, 0) is 39.0 Å². The third-order valence-electron chi connectivity index (χ3n) is 4.38. The standard InChI is InChI=1S/C19H30O3/c1-5-7-8-9-10-11-13-17-14-15-19(4,22-17)18(12-6-2)21-16(3)20/h2,5,17-18H,1,7-15H2,3-4H3/t17-,18+,19-/m0/s1. The SMILES string of the molecule is C#CC[C@@H](OC(C)=O)[C@]1(C)CC[C@H](CCCCCCC=C)O1. The Hall–Kier alpha value is -1.27. The molecule has 0 aromatic carbocycles. The number of terminal acetylenes is 1. The predicted octanol–water partition coefficient (Wildman–Crippen LogP) is 4.41. The zero-order valence-corrected chi connectivity index (χ0v) is 14.1. The summed E-state index contributed by atoms with van der Waals surface area (Å²) in [5, 5.41) is 0. The molecule has 0 aromatic heterocycles. The van der Waals surface area contributed by atoms with Crippen molar-refractivity contribution in [3.63, 3.8) is 0 Å². The van der Waals surface area contributed by atoms with Crippen molar-refractivity contribution in [2.75, 3.05) is 0 Å². The Morgan fingerprint density at radius 3 is 2.86 bits per heavy atom. The van der Waals surface area contributed by atoms with Crippen LogP contribution in [0.3, 0.4) is 0 Å². The summed E-state index contributed by atoms with van der Waals surface area (Å²) in [6.45, 7) is 7.17. The fourth-order valence-corrected chi connectivity index (χ4v) is 3.09. The van der Waals surface area contributed by atoms with E-state index in [0.29, 0.717) is 6.42 Å². The molecule has 124 valence electrons. The third-order valence-corrected chi connectivity index (χ3v) is 4.38. The van der Waals surface area contributed by atoms with Crippen molar-refractivity contribution in [2.24, 2.45) is 0 Å². The van der Waals surface area contributed by atoms with Crippen molar-refractivity contribution in [1.29, 1.82) is 0 Å². The first-order valence-corrected chi connectivity index (χ1v) is 8.41. The number of esters is 1. The second-order valence-corrected chi connectivity index (χ2v) is 6.38. The minimum atomic E-state index is -0.439. The van der Waals surface area contributed by atoms with Crippen LogP contribution in [0, 0.1) is 12.3 Å². The quantitative estimate of drug-likeness (QED) is 0.260. The fraction of sp³-hybridized carbons (Fsp3) is 0.737. The predicted molar refractivity (Wildman–Crippen MR) is 89.4 cm³/mol. The van der Waals surface area contributed by atoms with Gasteiger partial charge in [0.1, 0.15) is 11.7 Å². The molecular formula is C19H30O3. The van der Waals surface area contributed by atoms with Gasteiger partial charge in [0.15, 0.2) is 0 Å². The Balaban J connectivity index is 2.36. The highest BCUT2D eigenvalue weighted by atomic mass is 16.6. The Morgan fingerprint density at radius 1 is 1.50 bits per heavy atom. The van der Waals surface area contributed by atoms with E-state index >= 15 is 0 Å². The van der Waals surface area contributed by atoms with Crippen molar-refractivity contribution in [1.82, 2.24) is 0 Å². The summed E-state index contributed by atoms with van der Waals surface area (Å²) in [5.41, 5.74) is -0.439. The average molecular weight is 306 g/mol. The van der Waals surface area contributed by atoms with Crippen molar-refractivity contribution in [2.45, 2.75) is 89.4 Å². The van der Waals surface area contributed by atoms with Crippen LogP contribution in [-0.2, 0) is 14.3 Å². The third kappa shape index (κ3) is 6.23. The summed E-state index contributed by atoms with van der Waals surface area (Å²) in [4.78, 5) is 11.3. The smallest absolute Gasteiger partial charge is 0.303 e.